The first kappa shape index (κ1) is 9.97. The molecule has 1 nitrogen and oxygen atoms in total. The fourth-order valence-electron chi connectivity index (χ4n) is 1.78. The van der Waals surface area contributed by atoms with Gasteiger partial charge in [0, 0.05) is 5.41 Å². The van der Waals surface area contributed by atoms with Crippen LogP contribution >= 0.6 is 0 Å². The smallest absolute Gasteiger partial charge is 0.164 e. The molecule has 0 aromatic carbocycles. The molecule has 0 atom stereocenters. The van der Waals surface area contributed by atoms with E-state index in [0.717, 1.165) is 12.0 Å². The Bertz CT molecular complexity index is 303. The molecule has 0 spiro atoms. The lowest BCUT2D eigenvalue weighted by Crippen LogP contribution is -2.28. The molecule has 1 aliphatic carbocycles. The van der Waals surface area contributed by atoms with Crippen molar-refractivity contribution in [2.24, 2.45) is 5.41 Å². The number of rotatable bonds is 1. The Balaban J connectivity index is 3.08. The minimum Gasteiger partial charge on any atom is -0.294 e. The zero-order valence-corrected chi connectivity index (χ0v) is 8.55. The quantitative estimate of drug-likeness (QED) is 0.600. The highest BCUT2D eigenvalue weighted by Crippen LogP contribution is 2.34. The molecule has 0 heterocycles. The Morgan fingerprint density at radius 3 is 2.62 bits per heavy atom. The van der Waals surface area contributed by atoms with Crippen LogP contribution in [-0.2, 0) is 4.79 Å². The number of carbonyl (C=O) groups excluding carboxylic acids is 1. The maximum absolute atomic E-state index is 11.7. The van der Waals surface area contributed by atoms with Gasteiger partial charge in [-0.2, -0.15) is 0 Å². The van der Waals surface area contributed by atoms with Gasteiger partial charge < -0.3 is 0 Å². The van der Waals surface area contributed by atoms with Crippen LogP contribution in [0.1, 0.15) is 27.2 Å². The first-order valence-electron chi connectivity index (χ1n) is 4.52. The number of Topliss-reactive ketones (excluding diaryl/α,β-unsaturated/α-hetero) is 1. The molecule has 0 N–H and O–H groups in total. The van der Waals surface area contributed by atoms with Gasteiger partial charge in [0.1, 0.15) is 0 Å². The van der Waals surface area contributed by atoms with Crippen LogP contribution in [0.15, 0.2) is 36.0 Å². The van der Waals surface area contributed by atoms with Gasteiger partial charge in [-0.25, -0.2) is 0 Å². The zero-order chi connectivity index (χ0) is 10.1. The SMILES string of the molecule is C=C/C=C1/C=C(C)C(=O)C(C)(C)C1. The third-order valence-corrected chi connectivity index (χ3v) is 2.35. The fourth-order valence-corrected chi connectivity index (χ4v) is 1.78. The molecule has 0 radical (unpaired) electrons. The van der Waals surface area contributed by atoms with Gasteiger partial charge in [-0.3, -0.25) is 4.79 Å². The zero-order valence-electron chi connectivity index (χ0n) is 8.55. The van der Waals surface area contributed by atoms with Gasteiger partial charge in [-0.05, 0) is 24.5 Å². The van der Waals surface area contributed by atoms with E-state index in [4.69, 9.17) is 0 Å². The van der Waals surface area contributed by atoms with Crippen molar-refractivity contribution in [3.8, 4) is 0 Å². The van der Waals surface area contributed by atoms with Gasteiger partial charge >= 0.3 is 0 Å². The van der Waals surface area contributed by atoms with Crippen LogP contribution in [0, 0.1) is 5.41 Å². The van der Waals surface area contributed by atoms with Crippen molar-refractivity contribution in [3.05, 3.63) is 36.0 Å². The molecule has 0 aromatic heterocycles. The van der Waals surface area contributed by atoms with Crippen LogP contribution in [0.4, 0.5) is 0 Å². The molecule has 0 amide bonds. The number of ketones is 1. The van der Waals surface area contributed by atoms with Gasteiger partial charge in [0.15, 0.2) is 5.78 Å². The van der Waals surface area contributed by atoms with E-state index in [2.05, 4.69) is 6.58 Å². The van der Waals surface area contributed by atoms with Crippen LogP contribution in [0.3, 0.4) is 0 Å². The number of carbonyl (C=O) groups is 1. The van der Waals surface area contributed by atoms with Crippen molar-refractivity contribution in [1.29, 1.82) is 0 Å². The predicted octanol–water partition coefficient (Wildman–Crippen LogP) is 3.04. The van der Waals surface area contributed by atoms with Crippen LogP contribution in [0.2, 0.25) is 0 Å². The second kappa shape index (κ2) is 3.33. The van der Waals surface area contributed by atoms with Gasteiger partial charge in [0.25, 0.3) is 0 Å². The average Bonchev–Trinajstić information content (AvgIpc) is 2.00. The molecule has 0 aromatic rings. The molecule has 70 valence electrons. The number of hydrogen-bond acceptors (Lipinski definition) is 1. The van der Waals surface area contributed by atoms with Crippen LogP contribution in [-0.4, -0.2) is 5.78 Å². The summed E-state index contributed by atoms with van der Waals surface area (Å²) in [5, 5.41) is 0. The minimum atomic E-state index is -0.242. The second-order valence-corrected chi connectivity index (χ2v) is 4.19. The van der Waals surface area contributed by atoms with Crippen molar-refractivity contribution in [2.45, 2.75) is 27.2 Å². The third-order valence-electron chi connectivity index (χ3n) is 2.35. The minimum absolute atomic E-state index is 0.242. The molecule has 0 saturated carbocycles. The molecule has 0 unspecified atom stereocenters. The lowest BCUT2D eigenvalue weighted by atomic mass is 9.74. The van der Waals surface area contributed by atoms with E-state index in [9.17, 15) is 4.79 Å². The monoisotopic (exact) mass is 176 g/mol. The Morgan fingerprint density at radius 2 is 2.15 bits per heavy atom. The maximum Gasteiger partial charge on any atom is 0.164 e. The fraction of sp³-hybridized carbons (Fsp3) is 0.417. The average molecular weight is 176 g/mol. The van der Waals surface area contributed by atoms with Crippen molar-refractivity contribution >= 4 is 5.78 Å². The lowest BCUT2D eigenvalue weighted by Gasteiger charge is -2.28. The molecule has 1 aliphatic rings. The summed E-state index contributed by atoms with van der Waals surface area (Å²) in [5.41, 5.74) is 1.80. The normalized spacial score (nSPS) is 24.4. The van der Waals surface area contributed by atoms with Crippen LogP contribution in [0.25, 0.3) is 0 Å². The van der Waals surface area contributed by atoms with Gasteiger partial charge in [-0.1, -0.05) is 38.7 Å². The molecule has 0 saturated heterocycles. The van der Waals surface area contributed by atoms with E-state index < -0.39 is 0 Å². The lowest BCUT2D eigenvalue weighted by molar-refractivity contribution is -0.123. The van der Waals surface area contributed by atoms with Crippen LogP contribution < -0.4 is 0 Å². The first-order valence-corrected chi connectivity index (χ1v) is 4.52. The summed E-state index contributed by atoms with van der Waals surface area (Å²) in [6.45, 7) is 9.51. The Morgan fingerprint density at radius 1 is 1.54 bits per heavy atom. The molecular weight excluding hydrogens is 160 g/mol. The van der Waals surface area contributed by atoms with Gasteiger partial charge in [-0.15, -0.1) is 0 Å². The standard InChI is InChI=1S/C12H16O/c1-5-6-10-7-9(2)11(13)12(3,4)8-10/h5-7H,1,8H2,2-4H3/b10-6-. The molecule has 1 heteroatoms. The van der Waals surface area contributed by atoms with E-state index in [1.165, 1.54) is 5.57 Å². The molecule has 0 aliphatic heterocycles. The van der Waals surface area contributed by atoms with Crippen molar-refractivity contribution < 1.29 is 4.79 Å². The summed E-state index contributed by atoms with van der Waals surface area (Å²) in [5.74, 6) is 0.258. The first-order chi connectivity index (χ1) is 5.97. The number of hydrogen-bond donors (Lipinski definition) is 0. The van der Waals surface area contributed by atoms with E-state index in [0.29, 0.717) is 0 Å². The Labute approximate surface area is 79.8 Å². The molecule has 0 bridgehead atoms. The summed E-state index contributed by atoms with van der Waals surface area (Å²) >= 11 is 0. The van der Waals surface area contributed by atoms with Gasteiger partial charge in [0.05, 0.1) is 0 Å². The van der Waals surface area contributed by atoms with Crippen LogP contribution in [0.5, 0.6) is 0 Å². The Kier molecular flexibility index (Phi) is 2.55. The Hall–Kier alpha value is -1.11. The highest BCUT2D eigenvalue weighted by atomic mass is 16.1. The third kappa shape index (κ3) is 1.97. The summed E-state index contributed by atoms with van der Waals surface area (Å²) in [6, 6.07) is 0. The topological polar surface area (TPSA) is 17.1 Å². The molecule has 13 heavy (non-hydrogen) atoms. The number of allylic oxidation sites excluding steroid dienone is 5. The predicted molar refractivity (Wildman–Crippen MR) is 55.4 cm³/mol. The summed E-state index contributed by atoms with van der Waals surface area (Å²) in [7, 11) is 0. The molecule has 1 rings (SSSR count). The molecular formula is C12H16O. The summed E-state index contributed by atoms with van der Waals surface area (Å²) < 4.78 is 0. The highest BCUT2D eigenvalue weighted by molar-refractivity contribution is 6.00. The van der Waals surface area contributed by atoms with Gasteiger partial charge in [0.2, 0.25) is 0 Å². The van der Waals surface area contributed by atoms with E-state index in [-0.39, 0.29) is 11.2 Å². The van der Waals surface area contributed by atoms with E-state index in [1.807, 2.05) is 32.9 Å². The van der Waals surface area contributed by atoms with Crippen molar-refractivity contribution in [2.75, 3.05) is 0 Å². The molecule has 0 fully saturated rings. The largest absolute Gasteiger partial charge is 0.294 e. The highest BCUT2D eigenvalue weighted by Gasteiger charge is 2.32. The second-order valence-electron chi connectivity index (χ2n) is 4.19. The van der Waals surface area contributed by atoms with E-state index >= 15 is 0 Å². The van der Waals surface area contributed by atoms with Crippen molar-refractivity contribution in [3.63, 3.8) is 0 Å². The van der Waals surface area contributed by atoms with E-state index in [1.54, 1.807) is 6.08 Å². The maximum atomic E-state index is 11.7. The van der Waals surface area contributed by atoms with Crippen molar-refractivity contribution in [1.82, 2.24) is 0 Å². The summed E-state index contributed by atoms with van der Waals surface area (Å²) in [6.07, 6.45) is 6.51. The summed E-state index contributed by atoms with van der Waals surface area (Å²) in [4.78, 5) is 11.7.